The predicted octanol–water partition coefficient (Wildman–Crippen LogP) is 2.68. The molecule has 4 saturated heterocycles. The molecular weight excluding hydrogens is 398 g/mol. The first-order valence-corrected chi connectivity index (χ1v) is 11.4. The zero-order valence-corrected chi connectivity index (χ0v) is 17.5. The number of benzene rings is 1. The van der Waals surface area contributed by atoms with Crippen LogP contribution in [0.3, 0.4) is 0 Å². The molecule has 5 atom stereocenters. The van der Waals surface area contributed by atoms with E-state index in [0.717, 1.165) is 5.56 Å². The molecule has 5 heterocycles. The largest absolute Gasteiger partial charge is 0.454 e. The fourth-order valence-electron chi connectivity index (χ4n) is 5.09. The highest BCUT2D eigenvalue weighted by atomic mass is 33.1. The summed E-state index contributed by atoms with van der Waals surface area (Å²) in [7, 11) is 4.81. The van der Waals surface area contributed by atoms with Crippen LogP contribution in [0.1, 0.15) is 38.3 Å². The van der Waals surface area contributed by atoms with E-state index in [1.807, 2.05) is 36.9 Å². The number of nitrogens with zero attached hydrogens (tertiary/aromatic N) is 3. The van der Waals surface area contributed by atoms with E-state index in [1.54, 1.807) is 22.7 Å². The van der Waals surface area contributed by atoms with Crippen LogP contribution < -0.4 is 9.47 Å². The SMILES string of the molecule is CCC12SS[C@@]3(C[C@](C)(C#N)C(c4ccc5c(c4)OCO5)N3C1O)C(=O)N2C. The van der Waals surface area contributed by atoms with E-state index in [2.05, 4.69) is 6.07 Å². The first-order chi connectivity index (χ1) is 13.3. The summed E-state index contributed by atoms with van der Waals surface area (Å²) in [6.45, 7) is 4.03. The molecule has 1 spiro atoms. The lowest BCUT2D eigenvalue weighted by Crippen LogP contribution is -2.76. The Morgan fingerprint density at radius 1 is 1.36 bits per heavy atom. The molecule has 0 aliphatic carbocycles. The Morgan fingerprint density at radius 3 is 2.82 bits per heavy atom. The monoisotopic (exact) mass is 419 g/mol. The van der Waals surface area contributed by atoms with Gasteiger partial charge >= 0.3 is 0 Å². The standard InChI is InChI=1S/C19H21N3O4S2/c1-4-18-16(24)22-14(11-5-6-12-13(7-11)26-10-25-12)17(2,9-20)8-19(22,28-27-18)15(23)21(18)3/h5-7,14,16,24H,4,8,10H2,1-3H3/t14?,16?,17-,18?,19+/m1/s1. The van der Waals surface area contributed by atoms with Gasteiger partial charge in [-0.05, 0) is 31.0 Å². The van der Waals surface area contributed by atoms with E-state index in [4.69, 9.17) is 9.47 Å². The van der Waals surface area contributed by atoms with Gasteiger partial charge in [-0.1, -0.05) is 34.6 Å². The Balaban J connectivity index is 1.69. The Morgan fingerprint density at radius 2 is 2.11 bits per heavy atom. The van der Waals surface area contributed by atoms with Crippen molar-refractivity contribution in [2.24, 2.45) is 5.41 Å². The van der Waals surface area contributed by atoms with Gasteiger partial charge in [-0.3, -0.25) is 4.79 Å². The van der Waals surface area contributed by atoms with Gasteiger partial charge in [-0.15, -0.1) is 0 Å². The normalized spacial score (nSPS) is 41.2. The van der Waals surface area contributed by atoms with Crippen LogP contribution in [0.4, 0.5) is 0 Å². The number of fused-ring (bicyclic) bond motifs is 3. The molecule has 5 aliphatic heterocycles. The third kappa shape index (κ3) is 1.97. The van der Waals surface area contributed by atoms with Crippen LogP contribution >= 0.6 is 21.6 Å². The molecule has 0 saturated carbocycles. The van der Waals surface area contributed by atoms with E-state index in [0.29, 0.717) is 24.3 Å². The second-order valence-corrected chi connectivity index (χ2v) is 10.7. The summed E-state index contributed by atoms with van der Waals surface area (Å²) in [5.74, 6) is 1.26. The Hall–Kier alpha value is -1.60. The molecular formula is C19H21N3O4S2. The smallest absolute Gasteiger partial charge is 0.255 e. The molecule has 1 N–H and O–H groups in total. The first kappa shape index (κ1) is 18.4. The minimum absolute atomic E-state index is 0.0341. The zero-order chi connectivity index (χ0) is 19.9. The molecule has 28 heavy (non-hydrogen) atoms. The average Bonchev–Trinajstić information content (AvgIpc) is 3.27. The quantitative estimate of drug-likeness (QED) is 0.733. The van der Waals surface area contributed by atoms with Crippen LogP contribution in [0.15, 0.2) is 18.2 Å². The molecule has 3 unspecified atom stereocenters. The van der Waals surface area contributed by atoms with Crippen molar-refractivity contribution in [1.82, 2.24) is 9.80 Å². The van der Waals surface area contributed by atoms with Gasteiger partial charge < -0.3 is 19.5 Å². The second-order valence-electron chi connectivity index (χ2n) is 8.02. The number of aliphatic hydroxyl groups is 1. The van der Waals surface area contributed by atoms with Crippen LogP contribution in [0.25, 0.3) is 0 Å². The van der Waals surface area contributed by atoms with Crippen molar-refractivity contribution in [1.29, 1.82) is 5.26 Å². The number of rotatable bonds is 2. The highest BCUT2D eigenvalue weighted by molar-refractivity contribution is 8.78. The van der Waals surface area contributed by atoms with Crippen LogP contribution in [-0.2, 0) is 4.79 Å². The molecule has 5 aliphatic rings. The number of hydrogen-bond donors (Lipinski definition) is 1. The molecule has 9 heteroatoms. The lowest BCUT2D eigenvalue weighted by molar-refractivity contribution is -0.178. The van der Waals surface area contributed by atoms with Crippen molar-refractivity contribution >= 4 is 27.5 Å². The van der Waals surface area contributed by atoms with E-state index in [-0.39, 0.29) is 12.7 Å². The highest BCUT2D eigenvalue weighted by Gasteiger charge is 2.75. The number of hydrogen-bond acceptors (Lipinski definition) is 8. The van der Waals surface area contributed by atoms with Crippen molar-refractivity contribution < 1.29 is 19.4 Å². The number of likely N-dealkylation sites (N-methyl/N-ethyl adjacent to an activating group) is 1. The summed E-state index contributed by atoms with van der Waals surface area (Å²) in [6.07, 6.45) is 0.0856. The lowest BCUT2D eigenvalue weighted by atomic mass is 9.79. The van der Waals surface area contributed by atoms with E-state index < -0.39 is 27.4 Å². The van der Waals surface area contributed by atoms with Crippen LogP contribution in [-0.4, -0.2) is 50.6 Å². The van der Waals surface area contributed by atoms with E-state index >= 15 is 0 Å². The molecule has 2 bridgehead atoms. The van der Waals surface area contributed by atoms with Gasteiger partial charge in [-0.25, -0.2) is 4.90 Å². The van der Waals surface area contributed by atoms with Gasteiger partial charge in [0.2, 0.25) is 6.79 Å². The summed E-state index contributed by atoms with van der Waals surface area (Å²) in [4.78, 5) is 15.3. The molecule has 0 aromatic heterocycles. The van der Waals surface area contributed by atoms with Crippen molar-refractivity contribution in [2.45, 2.75) is 48.7 Å². The van der Waals surface area contributed by atoms with E-state index in [9.17, 15) is 15.2 Å². The fourth-order valence-corrected chi connectivity index (χ4v) is 9.18. The fraction of sp³-hybridized carbons (Fsp3) is 0.579. The summed E-state index contributed by atoms with van der Waals surface area (Å²) in [5.41, 5.74) is 0.0106. The number of amides is 1. The van der Waals surface area contributed by atoms with Gasteiger partial charge in [0.25, 0.3) is 5.91 Å². The highest BCUT2D eigenvalue weighted by Crippen LogP contribution is 2.71. The summed E-state index contributed by atoms with van der Waals surface area (Å²) in [6, 6.07) is 7.65. The van der Waals surface area contributed by atoms with Gasteiger partial charge in [0.1, 0.15) is 11.1 Å². The summed E-state index contributed by atoms with van der Waals surface area (Å²) < 4.78 is 10.9. The first-order valence-electron chi connectivity index (χ1n) is 9.25. The van der Waals surface area contributed by atoms with Crippen molar-refractivity contribution in [3.05, 3.63) is 23.8 Å². The maximum atomic E-state index is 13.5. The maximum Gasteiger partial charge on any atom is 0.255 e. The van der Waals surface area contributed by atoms with Crippen LogP contribution in [0.2, 0.25) is 0 Å². The minimum atomic E-state index is -0.957. The topological polar surface area (TPSA) is 86.0 Å². The lowest BCUT2D eigenvalue weighted by Gasteiger charge is -2.62. The van der Waals surface area contributed by atoms with Gasteiger partial charge in [0, 0.05) is 13.5 Å². The molecule has 1 aromatic rings. The van der Waals surface area contributed by atoms with Gasteiger partial charge in [0.05, 0.1) is 17.5 Å². The van der Waals surface area contributed by atoms with Gasteiger partial charge in [0.15, 0.2) is 16.4 Å². The summed E-state index contributed by atoms with van der Waals surface area (Å²) in [5, 5.41) is 21.6. The third-order valence-electron chi connectivity index (χ3n) is 6.58. The molecule has 1 aromatic carbocycles. The Labute approximate surface area is 171 Å². The van der Waals surface area contributed by atoms with Crippen LogP contribution in [0, 0.1) is 16.7 Å². The van der Waals surface area contributed by atoms with Crippen molar-refractivity contribution in [2.75, 3.05) is 13.8 Å². The molecule has 7 nitrogen and oxygen atoms in total. The minimum Gasteiger partial charge on any atom is -0.454 e. The van der Waals surface area contributed by atoms with Crippen molar-refractivity contribution in [3.8, 4) is 17.6 Å². The van der Waals surface area contributed by atoms with E-state index in [1.165, 1.54) is 10.8 Å². The maximum absolute atomic E-state index is 13.5. The number of carbonyl (C=O) groups is 1. The second kappa shape index (κ2) is 5.72. The van der Waals surface area contributed by atoms with Gasteiger partial charge in [-0.2, -0.15) is 5.26 Å². The number of piperazine rings is 1. The zero-order valence-electron chi connectivity index (χ0n) is 15.8. The van der Waals surface area contributed by atoms with Crippen LogP contribution in [0.5, 0.6) is 11.5 Å². The molecule has 6 rings (SSSR count). The Bertz CT molecular complexity index is 923. The third-order valence-corrected chi connectivity index (χ3v) is 10.5. The Kier molecular flexibility index (Phi) is 3.77. The molecule has 148 valence electrons. The number of nitriles is 1. The summed E-state index contributed by atoms with van der Waals surface area (Å²) >= 11 is 0. The van der Waals surface area contributed by atoms with Crippen molar-refractivity contribution in [3.63, 3.8) is 0 Å². The average molecular weight is 420 g/mol. The predicted molar refractivity (Wildman–Crippen MR) is 105 cm³/mol. The number of carbonyl (C=O) groups excluding carboxylic acids is 1. The number of ether oxygens (including phenoxy) is 2. The molecule has 0 radical (unpaired) electrons. The number of aliphatic hydroxyl groups excluding tert-OH is 1. The molecule has 4 fully saturated rings. The molecule has 1 amide bonds.